The Morgan fingerprint density at radius 3 is 2.68 bits per heavy atom. The van der Waals surface area contributed by atoms with Crippen molar-refractivity contribution in [1.29, 1.82) is 0 Å². The zero-order valence-electron chi connectivity index (χ0n) is 10.3. The third-order valence-corrected chi connectivity index (χ3v) is 5.33. The van der Waals surface area contributed by atoms with E-state index in [0.717, 1.165) is 4.88 Å². The molecule has 0 radical (unpaired) electrons. The van der Waals surface area contributed by atoms with Gasteiger partial charge in [-0.3, -0.25) is 0 Å². The van der Waals surface area contributed by atoms with E-state index in [1.54, 1.807) is 0 Å². The summed E-state index contributed by atoms with van der Waals surface area (Å²) in [6.45, 7) is 0.306. The molecule has 1 aromatic heterocycles. The summed E-state index contributed by atoms with van der Waals surface area (Å²) in [7, 11) is -2.09. The van der Waals surface area contributed by atoms with Gasteiger partial charge < -0.3 is 10.8 Å². The molecule has 1 aromatic carbocycles. The zero-order valence-corrected chi connectivity index (χ0v) is 11.9. The van der Waals surface area contributed by atoms with Crippen LogP contribution in [0.3, 0.4) is 0 Å². The smallest absolute Gasteiger partial charge is 0.243 e. The van der Waals surface area contributed by atoms with Crippen molar-refractivity contribution in [2.45, 2.75) is 11.4 Å². The zero-order chi connectivity index (χ0) is 14.0. The minimum Gasteiger partial charge on any atom is -0.506 e. The fourth-order valence-corrected chi connectivity index (χ4v) is 3.60. The van der Waals surface area contributed by atoms with Crippen molar-refractivity contribution >= 4 is 27.0 Å². The number of thiophene rings is 1. The first-order valence-electron chi connectivity index (χ1n) is 5.48. The van der Waals surface area contributed by atoms with Crippen molar-refractivity contribution < 1.29 is 13.5 Å². The summed E-state index contributed by atoms with van der Waals surface area (Å²) in [5.74, 6) is -0.125. The predicted octanol–water partition coefficient (Wildman–Crippen LogP) is 1.86. The van der Waals surface area contributed by atoms with E-state index in [9.17, 15) is 13.5 Å². The number of aromatic hydroxyl groups is 1. The van der Waals surface area contributed by atoms with Crippen molar-refractivity contribution in [3.05, 3.63) is 40.6 Å². The van der Waals surface area contributed by atoms with Gasteiger partial charge in [0.1, 0.15) is 5.75 Å². The van der Waals surface area contributed by atoms with Crippen LogP contribution in [0.15, 0.2) is 40.6 Å². The molecule has 0 atom stereocenters. The molecule has 0 bridgehead atoms. The van der Waals surface area contributed by atoms with Gasteiger partial charge in [-0.05, 0) is 29.6 Å². The van der Waals surface area contributed by atoms with Crippen LogP contribution in [0.4, 0.5) is 5.69 Å². The summed E-state index contributed by atoms with van der Waals surface area (Å²) in [4.78, 5) is 1.03. The number of sulfonamides is 1. The van der Waals surface area contributed by atoms with Gasteiger partial charge in [0.05, 0.1) is 10.6 Å². The fraction of sp³-hybridized carbons (Fsp3) is 0.167. The number of phenolic OH excluding ortho intramolecular Hbond substituents is 1. The molecule has 0 aliphatic heterocycles. The summed E-state index contributed by atoms with van der Waals surface area (Å²) < 4.78 is 25.9. The Morgan fingerprint density at radius 1 is 1.37 bits per heavy atom. The molecule has 0 saturated carbocycles. The fourth-order valence-electron chi connectivity index (χ4n) is 1.58. The van der Waals surface area contributed by atoms with Crippen LogP contribution in [-0.4, -0.2) is 24.9 Å². The van der Waals surface area contributed by atoms with Gasteiger partial charge in [0, 0.05) is 18.5 Å². The van der Waals surface area contributed by atoms with Crippen molar-refractivity contribution in [1.82, 2.24) is 4.31 Å². The van der Waals surface area contributed by atoms with Gasteiger partial charge in [0.25, 0.3) is 0 Å². The molecule has 0 aliphatic rings. The summed E-state index contributed by atoms with van der Waals surface area (Å²) in [6.07, 6.45) is 0. The molecule has 1 heterocycles. The van der Waals surface area contributed by atoms with E-state index < -0.39 is 10.0 Å². The minimum atomic E-state index is -3.61. The molecule has 7 heteroatoms. The molecule has 2 aromatic rings. The van der Waals surface area contributed by atoms with Crippen molar-refractivity contribution in [3.63, 3.8) is 0 Å². The highest BCUT2D eigenvalue weighted by Crippen LogP contribution is 2.25. The average Bonchev–Trinajstić information content (AvgIpc) is 2.85. The molecule has 3 N–H and O–H groups in total. The second-order valence-corrected chi connectivity index (χ2v) is 7.14. The van der Waals surface area contributed by atoms with Gasteiger partial charge in [-0.25, -0.2) is 8.42 Å². The molecule has 0 fully saturated rings. The Bertz CT molecular complexity index is 666. The van der Waals surface area contributed by atoms with Crippen molar-refractivity contribution in [2.75, 3.05) is 12.8 Å². The molecule has 0 saturated heterocycles. The lowest BCUT2D eigenvalue weighted by Gasteiger charge is -2.16. The Hall–Kier alpha value is -1.57. The van der Waals surface area contributed by atoms with Gasteiger partial charge in [-0.2, -0.15) is 4.31 Å². The van der Waals surface area contributed by atoms with Gasteiger partial charge in [-0.15, -0.1) is 11.3 Å². The normalized spacial score (nSPS) is 11.9. The number of nitrogen functional groups attached to an aromatic ring is 1. The lowest BCUT2D eigenvalue weighted by Crippen LogP contribution is -2.26. The Kier molecular flexibility index (Phi) is 3.79. The molecular weight excluding hydrogens is 284 g/mol. The summed E-state index contributed by atoms with van der Waals surface area (Å²) >= 11 is 1.50. The van der Waals surface area contributed by atoms with Crippen LogP contribution in [-0.2, 0) is 16.6 Å². The first-order chi connectivity index (χ1) is 8.91. The predicted molar refractivity (Wildman–Crippen MR) is 75.5 cm³/mol. The SMILES string of the molecule is CN(Cc1cccs1)S(=O)(=O)c1ccc(O)c(N)c1. The number of hydrogen-bond donors (Lipinski definition) is 2. The van der Waals surface area contributed by atoms with E-state index in [4.69, 9.17) is 5.73 Å². The van der Waals surface area contributed by atoms with Gasteiger partial charge in [-0.1, -0.05) is 6.07 Å². The first-order valence-corrected chi connectivity index (χ1v) is 7.80. The highest BCUT2D eigenvalue weighted by atomic mass is 32.2. The Balaban J connectivity index is 2.28. The number of rotatable bonds is 4. The third-order valence-electron chi connectivity index (χ3n) is 2.67. The third kappa shape index (κ3) is 2.89. The second-order valence-electron chi connectivity index (χ2n) is 4.06. The standard InChI is InChI=1S/C12H14N2O3S2/c1-14(8-9-3-2-6-18-9)19(16,17)10-4-5-12(15)11(13)7-10/h2-7,15H,8,13H2,1H3. The highest BCUT2D eigenvalue weighted by Gasteiger charge is 2.21. The van der Waals surface area contributed by atoms with Crippen LogP contribution in [0, 0.1) is 0 Å². The van der Waals surface area contributed by atoms with E-state index >= 15 is 0 Å². The molecule has 19 heavy (non-hydrogen) atoms. The van der Waals surface area contributed by atoms with E-state index in [-0.39, 0.29) is 16.3 Å². The molecule has 0 aliphatic carbocycles. The number of anilines is 1. The number of benzene rings is 1. The van der Waals surface area contributed by atoms with Crippen LogP contribution in [0.5, 0.6) is 5.75 Å². The lowest BCUT2D eigenvalue weighted by molar-refractivity contribution is 0.468. The summed E-state index contributed by atoms with van der Waals surface area (Å²) in [5.41, 5.74) is 5.57. The van der Waals surface area contributed by atoms with Crippen molar-refractivity contribution in [3.8, 4) is 5.75 Å². The molecule has 0 unspecified atom stereocenters. The Labute approximate surface area is 116 Å². The maximum Gasteiger partial charge on any atom is 0.243 e. The van der Waals surface area contributed by atoms with E-state index in [1.807, 2.05) is 17.5 Å². The quantitative estimate of drug-likeness (QED) is 0.666. The summed E-state index contributed by atoms with van der Waals surface area (Å²) in [6, 6.07) is 7.63. The first kappa shape index (κ1) is 13.9. The minimum absolute atomic E-state index is 0.0469. The molecule has 102 valence electrons. The monoisotopic (exact) mass is 298 g/mol. The second kappa shape index (κ2) is 5.20. The van der Waals surface area contributed by atoms with E-state index in [1.165, 1.54) is 40.9 Å². The number of nitrogens with zero attached hydrogens (tertiary/aromatic N) is 1. The highest BCUT2D eigenvalue weighted by molar-refractivity contribution is 7.89. The molecule has 5 nitrogen and oxygen atoms in total. The van der Waals surface area contributed by atoms with E-state index in [2.05, 4.69) is 0 Å². The maximum absolute atomic E-state index is 12.3. The van der Waals surface area contributed by atoms with Crippen LogP contribution in [0.1, 0.15) is 4.88 Å². The Morgan fingerprint density at radius 2 is 2.11 bits per heavy atom. The van der Waals surface area contributed by atoms with Crippen LogP contribution >= 0.6 is 11.3 Å². The van der Waals surface area contributed by atoms with Crippen LogP contribution in [0.2, 0.25) is 0 Å². The van der Waals surface area contributed by atoms with Crippen LogP contribution < -0.4 is 5.73 Å². The number of phenols is 1. The number of hydrogen-bond acceptors (Lipinski definition) is 5. The topological polar surface area (TPSA) is 83.6 Å². The number of nitrogens with two attached hydrogens (primary N) is 1. The molecule has 2 rings (SSSR count). The lowest BCUT2D eigenvalue weighted by atomic mass is 10.3. The molecular formula is C12H14N2O3S2. The van der Waals surface area contributed by atoms with Gasteiger partial charge in [0.15, 0.2) is 0 Å². The van der Waals surface area contributed by atoms with Crippen LogP contribution in [0.25, 0.3) is 0 Å². The molecule has 0 spiro atoms. The van der Waals surface area contributed by atoms with Gasteiger partial charge in [0.2, 0.25) is 10.0 Å². The average molecular weight is 298 g/mol. The largest absolute Gasteiger partial charge is 0.506 e. The van der Waals surface area contributed by atoms with E-state index in [0.29, 0.717) is 6.54 Å². The maximum atomic E-state index is 12.3. The van der Waals surface area contributed by atoms with Crippen molar-refractivity contribution in [2.24, 2.45) is 0 Å². The summed E-state index contributed by atoms with van der Waals surface area (Å²) in [5, 5.41) is 11.2. The molecule has 0 amide bonds. The van der Waals surface area contributed by atoms with Gasteiger partial charge >= 0.3 is 0 Å².